The molecule has 1 saturated heterocycles. The van der Waals surface area contributed by atoms with Crippen LogP contribution in [0.2, 0.25) is 0 Å². The molecule has 0 amide bonds. The van der Waals surface area contributed by atoms with Crippen LogP contribution in [0.4, 0.5) is 0 Å². The van der Waals surface area contributed by atoms with Gasteiger partial charge in [-0.3, -0.25) is 4.98 Å². The van der Waals surface area contributed by atoms with Crippen molar-refractivity contribution in [2.75, 3.05) is 13.2 Å². The van der Waals surface area contributed by atoms with Gasteiger partial charge in [0, 0.05) is 36.6 Å². The van der Waals surface area contributed by atoms with Crippen molar-refractivity contribution >= 4 is 0 Å². The predicted molar refractivity (Wildman–Crippen MR) is 90.5 cm³/mol. The molecule has 0 N–H and O–H groups in total. The maximum absolute atomic E-state index is 5.47. The summed E-state index contributed by atoms with van der Waals surface area (Å²) in [4.78, 5) is 9.38. The lowest BCUT2D eigenvalue weighted by molar-refractivity contribution is 0.0834. The second kappa shape index (κ2) is 6.04. The highest BCUT2D eigenvalue weighted by Gasteiger charge is 2.27. The van der Waals surface area contributed by atoms with E-state index >= 15 is 0 Å². The van der Waals surface area contributed by atoms with Gasteiger partial charge in [0.1, 0.15) is 0 Å². The Bertz CT molecular complexity index is 694. The molecular formula is C18H26N4O. The molecule has 5 heteroatoms. The maximum Gasteiger partial charge on any atom is 0.160 e. The van der Waals surface area contributed by atoms with Crippen molar-refractivity contribution in [2.45, 2.75) is 58.9 Å². The van der Waals surface area contributed by atoms with Crippen molar-refractivity contribution in [1.82, 2.24) is 19.7 Å². The molecule has 1 fully saturated rings. The molecular weight excluding hydrogens is 288 g/mol. The van der Waals surface area contributed by atoms with Gasteiger partial charge in [-0.15, -0.1) is 0 Å². The van der Waals surface area contributed by atoms with Crippen molar-refractivity contribution in [1.29, 1.82) is 0 Å². The summed E-state index contributed by atoms with van der Waals surface area (Å²) in [5.74, 6) is 2.26. The van der Waals surface area contributed by atoms with E-state index in [1.54, 1.807) is 0 Å². The van der Waals surface area contributed by atoms with E-state index < -0.39 is 0 Å². The third-order valence-corrected chi connectivity index (χ3v) is 4.33. The number of hydrogen-bond donors (Lipinski definition) is 0. The van der Waals surface area contributed by atoms with Crippen LogP contribution in [0.1, 0.15) is 56.6 Å². The van der Waals surface area contributed by atoms with E-state index in [-0.39, 0.29) is 5.54 Å². The average molecular weight is 314 g/mol. The number of ether oxygens (including phenoxy) is 1. The Hall–Kier alpha value is -1.75. The summed E-state index contributed by atoms with van der Waals surface area (Å²) < 4.78 is 7.52. The molecule has 0 aliphatic carbocycles. The fourth-order valence-corrected chi connectivity index (χ4v) is 3.03. The number of aryl methyl sites for hydroxylation is 2. The molecule has 0 atom stereocenters. The Morgan fingerprint density at radius 3 is 2.48 bits per heavy atom. The van der Waals surface area contributed by atoms with Gasteiger partial charge in [0.05, 0.1) is 5.54 Å². The zero-order chi connectivity index (χ0) is 16.6. The number of hydrogen-bond acceptors (Lipinski definition) is 4. The van der Waals surface area contributed by atoms with Crippen LogP contribution >= 0.6 is 0 Å². The van der Waals surface area contributed by atoms with Crippen molar-refractivity contribution < 1.29 is 4.74 Å². The molecule has 1 aliphatic rings. The van der Waals surface area contributed by atoms with Crippen LogP contribution in [-0.4, -0.2) is 33.0 Å². The first kappa shape index (κ1) is 16.1. The normalized spacial score (nSPS) is 16.7. The molecule has 0 unspecified atom stereocenters. The Morgan fingerprint density at radius 1 is 1.17 bits per heavy atom. The molecule has 0 radical (unpaired) electrons. The standard InChI is InChI=1S/C18H26N4O/c1-12-10-13(2)19-11-15(12)17-20-16(14-6-8-23-9-7-14)21-22(17)18(3,4)5/h10-11,14H,6-9H2,1-5H3. The van der Waals surface area contributed by atoms with Gasteiger partial charge in [0.25, 0.3) is 0 Å². The molecule has 2 aromatic rings. The number of aromatic nitrogens is 4. The number of pyridine rings is 1. The van der Waals surface area contributed by atoms with Crippen molar-refractivity contribution in [3.05, 3.63) is 29.3 Å². The second-order valence-electron chi connectivity index (χ2n) is 7.40. The van der Waals surface area contributed by atoms with Gasteiger partial charge in [-0.25, -0.2) is 9.67 Å². The SMILES string of the molecule is Cc1cc(C)c(-c2nc(C3CCOCC3)nn2C(C)(C)C)cn1. The average Bonchev–Trinajstić information content (AvgIpc) is 2.93. The van der Waals surface area contributed by atoms with Gasteiger partial charge in [0.2, 0.25) is 0 Å². The highest BCUT2D eigenvalue weighted by Crippen LogP contribution is 2.31. The van der Waals surface area contributed by atoms with Gasteiger partial charge in [-0.2, -0.15) is 5.10 Å². The van der Waals surface area contributed by atoms with Crippen LogP contribution in [0.3, 0.4) is 0 Å². The maximum atomic E-state index is 5.47. The van der Waals surface area contributed by atoms with E-state index in [9.17, 15) is 0 Å². The lowest BCUT2D eigenvalue weighted by Gasteiger charge is -2.22. The minimum absolute atomic E-state index is 0.122. The molecule has 5 nitrogen and oxygen atoms in total. The first-order valence-corrected chi connectivity index (χ1v) is 8.35. The number of rotatable bonds is 2. The lowest BCUT2D eigenvalue weighted by atomic mass is 10.00. The Labute approximate surface area is 138 Å². The highest BCUT2D eigenvalue weighted by molar-refractivity contribution is 5.59. The molecule has 3 heterocycles. The van der Waals surface area contributed by atoms with Gasteiger partial charge >= 0.3 is 0 Å². The minimum atomic E-state index is -0.122. The largest absolute Gasteiger partial charge is 0.381 e. The molecule has 0 saturated carbocycles. The minimum Gasteiger partial charge on any atom is -0.381 e. The third kappa shape index (κ3) is 3.29. The van der Waals surface area contributed by atoms with Gasteiger partial charge in [0.15, 0.2) is 11.6 Å². The molecule has 0 spiro atoms. The zero-order valence-corrected chi connectivity index (χ0v) is 14.8. The molecule has 0 aromatic carbocycles. The van der Waals surface area contributed by atoms with E-state index in [0.717, 1.165) is 49.0 Å². The summed E-state index contributed by atoms with van der Waals surface area (Å²) in [5.41, 5.74) is 3.16. The molecule has 0 bridgehead atoms. The van der Waals surface area contributed by atoms with Crippen molar-refractivity contribution in [3.63, 3.8) is 0 Å². The summed E-state index contributed by atoms with van der Waals surface area (Å²) in [5, 5.41) is 4.87. The van der Waals surface area contributed by atoms with Gasteiger partial charge in [-0.05, 0) is 59.1 Å². The first-order chi connectivity index (χ1) is 10.9. The topological polar surface area (TPSA) is 52.8 Å². The Morgan fingerprint density at radius 2 is 1.87 bits per heavy atom. The molecule has 124 valence electrons. The summed E-state index contributed by atoms with van der Waals surface area (Å²) in [7, 11) is 0. The Balaban J connectivity index is 2.08. The predicted octanol–water partition coefficient (Wildman–Crippen LogP) is 3.61. The highest BCUT2D eigenvalue weighted by atomic mass is 16.5. The van der Waals surface area contributed by atoms with E-state index in [1.165, 1.54) is 5.56 Å². The number of nitrogens with zero attached hydrogens (tertiary/aromatic N) is 4. The summed E-state index contributed by atoms with van der Waals surface area (Å²) in [6.07, 6.45) is 3.92. The zero-order valence-electron chi connectivity index (χ0n) is 14.8. The van der Waals surface area contributed by atoms with E-state index in [2.05, 4.69) is 43.4 Å². The van der Waals surface area contributed by atoms with E-state index in [0.29, 0.717) is 5.92 Å². The smallest absolute Gasteiger partial charge is 0.160 e. The van der Waals surface area contributed by atoms with Crippen LogP contribution in [-0.2, 0) is 10.3 Å². The second-order valence-corrected chi connectivity index (χ2v) is 7.40. The monoisotopic (exact) mass is 314 g/mol. The summed E-state index contributed by atoms with van der Waals surface area (Å²) >= 11 is 0. The van der Waals surface area contributed by atoms with E-state index in [4.69, 9.17) is 14.8 Å². The Kier molecular flexibility index (Phi) is 4.23. The van der Waals surface area contributed by atoms with Crippen LogP contribution in [0.15, 0.2) is 12.3 Å². The lowest BCUT2D eigenvalue weighted by Crippen LogP contribution is -2.25. The van der Waals surface area contributed by atoms with E-state index in [1.807, 2.05) is 13.1 Å². The van der Waals surface area contributed by atoms with Gasteiger partial charge in [-0.1, -0.05) is 0 Å². The third-order valence-electron chi connectivity index (χ3n) is 4.33. The molecule has 2 aromatic heterocycles. The molecule has 3 rings (SSSR count). The van der Waals surface area contributed by atoms with Crippen LogP contribution in [0.25, 0.3) is 11.4 Å². The molecule has 23 heavy (non-hydrogen) atoms. The summed E-state index contributed by atoms with van der Waals surface area (Å²) in [6.45, 7) is 12.2. The molecule has 1 aliphatic heterocycles. The fraction of sp³-hybridized carbons (Fsp3) is 0.611. The quantitative estimate of drug-likeness (QED) is 0.850. The fourth-order valence-electron chi connectivity index (χ4n) is 3.03. The van der Waals surface area contributed by atoms with Crippen LogP contribution in [0, 0.1) is 13.8 Å². The van der Waals surface area contributed by atoms with Crippen LogP contribution < -0.4 is 0 Å². The van der Waals surface area contributed by atoms with Crippen molar-refractivity contribution in [2.24, 2.45) is 0 Å². The first-order valence-electron chi connectivity index (χ1n) is 8.35. The van der Waals surface area contributed by atoms with Crippen LogP contribution in [0.5, 0.6) is 0 Å². The summed E-state index contributed by atoms with van der Waals surface area (Å²) in [6, 6.07) is 2.10. The van der Waals surface area contributed by atoms with Gasteiger partial charge < -0.3 is 4.74 Å². The van der Waals surface area contributed by atoms with Crippen molar-refractivity contribution in [3.8, 4) is 11.4 Å².